The fourth-order valence-corrected chi connectivity index (χ4v) is 5.22. The van der Waals surface area contributed by atoms with Crippen molar-refractivity contribution in [1.29, 1.82) is 0 Å². The van der Waals surface area contributed by atoms with Gasteiger partial charge in [-0.3, -0.25) is 9.89 Å². The molecule has 0 aliphatic carbocycles. The summed E-state index contributed by atoms with van der Waals surface area (Å²) in [6.07, 6.45) is 2.49. The minimum Gasteiger partial charge on any atom is -0.375 e. The molecule has 8 heteroatoms. The lowest BCUT2D eigenvalue weighted by Crippen LogP contribution is -2.39. The van der Waals surface area contributed by atoms with Crippen LogP contribution in [0.15, 0.2) is 27.9 Å². The zero-order valence-corrected chi connectivity index (χ0v) is 20.3. The lowest BCUT2D eigenvalue weighted by molar-refractivity contribution is 0.119. The van der Waals surface area contributed by atoms with Crippen LogP contribution in [0.3, 0.4) is 0 Å². The van der Waals surface area contributed by atoms with Crippen LogP contribution in [-0.4, -0.2) is 61.1 Å². The number of likely N-dealkylation sites (tertiary alicyclic amines) is 1. The molecule has 0 amide bonds. The highest BCUT2D eigenvalue weighted by atomic mass is 32.1. The van der Waals surface area contributed by atoms with Gasteiger partial charge in [-0.15, -0.1) is 22.7 Å². The van der Waals surface area contributed by atoms with E-state index in [9.17, 15) is 0 Å². The predicted molar refractivity (Wildman–Crippen MR) is 127 cm³/mol. The van der Waals surface area contributed by atoms with E-state index < -0.39 is 0 Å². The van der Waals surface area contributed by atoms with Gasteiger partial charge < -0.3 is 15.0 Å². The zero-order chi connectivity index (χ0) is 21.3. The molecule has 3 heterocycles. The van der Waals surface area contributed by atoms with Gasteiger partial charge in [0.05, 0.1) is 12.2 Å². The molecule has 1 fully saturated rings. The Labute approximate surface area is 189 Å². The number of guanidine groups is 1. The Morgan fingerprint density at radius 2 is 2.20 bits per heavy atom. The van der Waals surface area contributed by atoms with E-state index in [2.05, 4.69) is 52.0 Å². The van der Waals surface area contributed by atoms with Crippen molar-refractivity contribution in [3.63, 3.8) is 0 Å². The van der Waals surface area contributed by atoms with Crippen molar-refractivity contribution in [2.24, 2.45) is 10.9 Å². The minimum absolute atomic E-state index is 0.0432. The largest absolute Gasteiger partial charge is 0.375 e. The third-order valence-corrected chi connectivity index (χ3v) is 7.45. The van der Waals surface area contributed by atoms with Crippen molar-refractivity contribution in [3.05, 3.63) is 38.5 Å². The molecule has 1 unspecified atom stereocenters. The van der Waals surface area contributed by atoms with Gasteiger partial charge in [0.15, 0.2) is 5.96 Å². The fourth-order valence-electron chi connectivity index (χ4n) is 3.64. The Morgan fingerprint density at radius 1 is 1.40 bits per heavy atom. The van der Waals surface area contributed by atoms with Crippen LogP contribution in [0, 0.1) is 5.92 Å². The number of thiophene rings is 1. The van der Waals surface area contributed by atoms with Crippen LogP contribution in [-0.2, 0) is 17.8 Å². The second-order valence-corrected chi connectivity index (χ2v) is 9.83. The van der Waals surface area contributed by atoms with E-state index in [1.807, 2.05) is 18.3 Å². The van der Waals surface area contributed by atoms with Crippen LogP contribution in [0.25, 0.3) is 0 Å². The van der Waals surface area contributed by atoms with E-state index in [-0.39, 0.29) is 6.10 Å². The Hall–Kier alpha value is -1.48. The lowest BCUT2D eigenvalue weighted by Gasteiger charge is -2.31. The van der Waals surface area contributed by atoms with E-state index in [1.54, 1.807) is 18.4 Å². The molecular weight excluding hydrogens is 414 g/mol. The second-order valence-electron chi connectivity index (χ2n) is 7.90. The SMILES string of the molecule is CCNC(=NCC1CCN(Cc2cccs2)CC1)N(C)Cc1csc(C(C)OC)n1. The van der Waals surface area contributed by atoms with Gasteiger partial charge in [-0.1, -0.05) is 6.07 Å². The van der Waals surface area contributed by atoms with Gasteiger partial charge >= 0.3 is 0 Å². The van der Waals surface area contributed by atoms with Gasteiger partial charge in [-0.25, -0.2) is 4.98 Å². The smallest absolute Gasteiger partial charge is 0.194 e. The minimum atomic E-state index is 0.0432. The molecule has 1 aliphatic heterocycles. The van der Waals surface area contributed by atoms with E-state index in [0.717, 1.165) is 42.8 Å². The fraction of sp³-hybridized carbons (Fsp3) is 0.636. The van der Waals surface area contributed by atoms with Gasteiger partial charge in [0.1, 0.15) is 11.1 Å². The highest BCUT2D eigenvalue weighted by molar-refractivity contribution is 7.10. The normalized spacial score (nSPS) is 17.3. The van der Waals surface area contributed by atoms with E-state index in [4.69, 9.17) is 14.7 Å². The van der Waals surface area contributed by atoms with Crippen LogP contribution in [0.4, 0.5) is 0 Å². The molecule has 0 aromatic carbocycles. The van der Waals surface area contributed by atoms with E-state index >= 15 is 0 Å². The van der Waals surface area contributed by atoms with Gasteiger partial charge in [-0.2, -0.15) is 0 Å². The number of methoxy groups -OCH3 is 1. The zero-order valence-electron chi connectivity index (χ0n) is 18.6. The maximum Gasteiger partial charge on any atom is 0.194 e. The molecule has 1 N–H and O–H groups in total. The van der Waals surface area contributed by atoms with Crippen LogP contribution >= 0.6 is 22.7 Å². The molecule has 6 nitrogen and oxygen atoms in total. The molecule has 1 aliphatic rings. The van der Waals surface area contributed by atoms with Crippen LogP contribution in [0.2, 0.25) is 0 Å². The van der Waals surface area contributed by atoms with Crippen molar-refractivity contribution >= 4 is 28.6 Å². The van der Waals surface area contributed by atoms with E-state index in [0.29, 0.717) is 5.92 Å². The predicted octanol–water partition coefficient (Wildman–Crippen LogP) is 4.22. The molecule has 0 bridgehead atoms. The van der Waals surface area contributed by atoms with Crippen LogP contribution < -0.4 is 5.32 Å². The van der Waals surface area contributed by atoms with Crippen LogP contribution in [0.5, 0.6) is 0 Å². The molecule has 0 saturated carbocycles. The maximum atomic E-state index is 5.38. The summed E-state index contributed by atoms with van der Waals surface area (Å²) in [5, 5.41) is 8.75. The second kappa shape index (κ2) is 11.8. The van der Waals surface area contributed by atoms with Crippen molar-refractivity contribution < 1.29 is 4.74 Å². The number of thiazole rings is 1. The van der Waals surface area contributed by atoms with Crippen molar-refractivity contribution in [3.8, 4) is 0 Å². The lowest BCUT2D eigenvalue weighted by atomic mass is 9.97. The Bertz CT molecular complexity index is 768. The average Bonchev–Trinajstić information content (AvgIpc) is 3.44. The molecule has 1 atom stereocenters. The maximum absolute atomic E-state index is 5.38. The molecule has 166 valence electrons. The first-order valence-corrected chi connectivity index (χ1v) is 12.6. The summed E-state index contributed by atoms with van der Waals surface area (Å²) in [4.78, 5) is 15.9. The highest BCUT2D eigenvalue weighted by Gasteiger charge is 2.20. The third-order valence-electron chi connectivity index (χ3n) is 5.53. The quantitative estimate of drug-likeness (QED) is 0.459. The molecule has 1 saturated heterocycles. The average molecular weight is 450 g/mol. The van der Waals surface area contributed by atoms with Gasteiger partial charge in [0, 0.05) is 44.0 Å². The first-order chi connectivity index (χ1) is 14.6. The monoisotopic (exact) mass is 449 g/mol. The molecule has 0 spiro atoms. The number of nitrogens with one attached hydrogen (secondary N) is 1. The number of rotatable bonds is 9. The number of hydrogen-bond acceptors (Lipinski definition) is 6. The third kappa shape index (κ3) is 6.77. The molecular formula is C22H35N5OS2. The molecule has 3 rings (SSSR count). The van der Waals surface area contributed by atoms with Gasteiger partial charge in [0.2, 0.25) is 0 Å². The summed E-state index contributed by atoms with van der Waals surface area (Å²) in [5.74, 6) is 1.63. The Morgan fingerprint density at radius 3 is 2.87 bits per heavy atom. The summed E-state index contributed by atoms with van der Waals surface area (Å²) in [5.41, 5.74) is 1.06. The topological polar surface area (TPSA) is 53.0 Å². The summed E-state index contributed by atoms with van der Waals surface area (Å²) < 4.78 is 5.38. The van der Waals surface area contributed by atoms with Gasteiger partial charge in [-0.05, 0) is 57.1 Å². The van der Waals surface area contributed by atoms with Crippen LogP contribution in [0.1, 0.15) is 48.4 Å². The highest BCUT2D eigenvalue weighted by Crippen LogP contribution is 2.22. The standard InChI is InChI=1S/C22H35N5OS2/c1-5-23-22(26(3)14-19-16-30-21(25-19)17(2)28-4)24-13-18-8-10-27(11-9-18)15-20-7-6-12-29-20/h6-7,12,16-18H,5,8-11,13-15H2,1-4H3,(H,23,24). The Kier molecular flexibility index (Phi) is 9.11. The first-order valence-electron chi connectivity index (χ1n) is 10.8. The van der Waals surface area contributed by atoms with E-state index in [1.165, 1.54) is 30.8 Å². The number of hydrogen-bond donors (Lipinski definition) is 1. The number of nitrogens with zero attached hydrogens (tertiary/aromatic N) is 4. The van der Waals surface area contributed by atoms with Crippen molar-refractivity contribution in [2.45, 2.75) is 45.9 Å². The number of aliphatic imine (C=N–C) groups is 1. The molecule has 30 heavy (non-hydrogen) atoms. The first kappa shape index (κ1) is 23.2. The summed E-state index contributed by atoms with van der Waals surface area (Å²) >= 11 is 3.52. The number of aromatic nitrogens is 1. The van der Waals surface area contributed by atoms with Crippen molar-refractivity contribution in [1.82, 2.24) is 20.1 Å². The van der Waals surface area contributed by atoms with Crippen molar-refractivity contribution in [2.75, 3.05) is 40.3 Å². The summed E-state index contributed by atoms with van der Waals surface area (Å²) in [6, 6.07) is 4.38. The summed E-state index contributed by atoms with van der Waals surface area (Å²) in [6.45, 7) is 10.1. The molecule has 0 radical (unpaired) electrons. The number of ether oxygens (including phenoxy) is 1. The molecule has 2 aromatic heterocycles. The summed E-state index contributed by atoms with van der Waals surface area (Å²) in [7, 11) is 3.81. The number of piperidine rings is 1. The Balaban J connectivity index is 1.49. The molecule has 2 aromatic rings. The van der Waals surface area contributed by atoms with Gasteiger partial charge in [0.25, 0.3) is 0 Å².